The van der Waals surface area contributed by atoms with Gasteiger partial charge in [0.15, 0.2) is 0 Å². The fraction of sp³-hybridized carbons (Fsp3) is 0.462. The lowest BCUT2D eigenvalue weighted by molar-refractivity contribution is -0.120. The Hall–Kier alpha value is -0.960. The molecule has 0 atom stereocenters. The van der Waals surface area contributed by atoms with Gasteiger partial charge in [0.25, 0.3) is 0 Å². The number of hydrogen-bond donors (Lipinski definition) is 2. The number of benzene rings is 1. The summed E-state index contributed by atoms with van der Waals surface area (Å²) in [5.74, 6) is 0.719. The van der Waals surface area contributed by atoms with Gasteiger partial charge in [-0.3, -0.25) is 4.79 Å². The average molecular weight is 237 g/mol. The maximum Gasteiger partial charge on any atom is 0.224 e. The van der Waals surface area contributed by atoms with Crippen LogP contribution in [-0.4, -0.2) is 12.5 Å². The highest BCUT2D eigenvalue weighted by Gasteiger charge is 2.03. The summed E-state index contributed by atoms with van der Waals surface area (Å²) < 4.78 is 0. The number of hydrogen-bond acceptors (Lipinski definition) is 2. The van der Waals surface area contributed by atoms with Crippen LogP contribution in [0.25, 0.3) is 0 Å². The first-order valence-corrected chi connectivity index (χ1v) is 6.07. The highest BCUT2D eigenvalue weighted by atomic mass is 32.1. The Balaban J connectivity index is 2.31. The Kier molecular flexibility index (Phi) is 5.39. The van der Waals surface area contributed by atoms with Gasteiger partial charge in [-0.2, -0.15) is 0 Å². The second-order valence-electron chi connectivity index (χ2n) is 4.38. The van der Waals surface area contributed by atoms with Crippen molar-refractivity contribution in [1.82, 2.24) is 5.32 Å². The molecule has 1 amide bonds. The van der Waals surface area contributed by atoms with Crippen LogP contribution < -0.4 is 5.32 Å². The third-order valence-electron chi connectivity index (χ3n) is 2.34. The van der Waals surface area contributed by atoms with Gasteiger partial charge in [0.1, 0.15) is 0 Å². The van der Waals surface area contributed by atoms with E-state index in [1.54, 1.807) is 0 Å². The molecular weight excluding hydrogens is 218 g/mol. The number of amides is 1. The molecule has 0 radical (unpaired) electrons. The minimum atomic E-state index is 0.0903. The van der Waals surface area contributed by atoms with Crippen molar-refractivity contribution in [3.05, 3.63) is 29.8 Å². The van der Waals surface area contributed by atoms with Crippen LogP contribution in [0.15, 0.2) is 29.2 Å². The van der Waals surface area contributed by atoms with Gasteiger partial charge < -0.3 is 5.32 Å². The van der Waals surface area contributed by atoms with E-state index in [0.717, 1.165) is 23.4 Å². The van der Waals surface area contributed by atoms with Crippen molar-refractivity contribution in [1.29, 1.82) is 0 Å². The summed E-state index contributed by atoms with van der Waals surface area (Å²) >= 11 is 4.20. The summed E-state index contributed by atoms with van der Waals surface area (Å²) in [6.45, 7) is 5.07. The lowest BCUT2D eigenvalue weighted by atomic mass is 10.1. The zero-order chi connectivity index (χ0) is 12.0. The molecule has 0 saturated heterocycles. The highest BCUT2D eigenvalue weighted by Crippen LogP contribution is 2.08. The number of rotatable bonds is 5. The van der Waals surface area contributed by atoms with E-state index < -0.39 is 0 Å². The molecule has 0 aliphatic carbocycles. The van der Waals surface area contributed by atoms with Gasteiger partial charge in [-0.1, -0.05) is 26.0 Å². The third kappa shape index (κ3) is 5.21. The first kappa shape index (κ1) is 13.1. The largest absolute Gasteiger partial charge is 0.356 e. The summed E-state index contributed by atoms with van der Waals surface area (Å²) in [6.07, 6.45) is 1.48. The van der Waals surface area contributed by atoms with E-state index in [-0.39, 0.29) is 5.91 Å². The van der Waals surface area contributed by atoms with Gasteiger partial charge in [-0.25, -0.2) is 0 Å². The summed E-state index contributed by atoms with van der Waals surface area (Å²) in [7, 11) is 0. The van der Waals surface area contributed by atoms with Gasteiger partial charge >= 0.3 is 0 Å². The van der Waals surface area contributed by atoms with Crippen LogP contribution in [0.3, 0.4) is 0 Å². The highest BCUT2D eigenvalue weighted by molar-refractivity contribution is 7.80. The Bertz CT molecular complexity index is 332. The molecule has 0 aliphatic heterocycles. The molecular formula is C13H19NOS. The molecule has 1 rings (SSSR count). The quantitative estimate of drug-likeness (QED) is 0.757. The van der Waals surface area contributed by atoms with E-state index in [0.29, 0.717) is 12.3 Å². The van der Waals surface area contributed by atoms with Gasteiger partial charge in [-0.05, 0) is 30.0 Å². The topological polar surface area (TPSA) is 29.1 Å². The van der Waals surface area contributed by atoms with Crippen LogP contribution in [-0.2, 0) is 11.2 Å². The second kappa shape index (κ2) is 6.59. The molecule has 1 N–H and O–H groups in total. The Morgan fingerprint density at radius 2 is 1.94 bits per heavy atom. The molecule has 0 aromatic heterocycles. The number of thiol groups is 1. The molecule has 0 saturated carbocycles. The first-order chi connectivity index (χ1) is 7.58. The normalized spacial score (nSPS) is 10.5. The van der Waals surface area contributed by atoms with Crippen molar-refractivity contribution < 1.29 is 4.79 Å². The predicted molar refractivity (Wildman–Crippen MR) is 69.9 cm³/mol. The summed E-state index contributed by atoms with van der Waals surface area (Å²) in [4.78, 5) is 12.5. The molecule has 0 spiro atoms. The SMILES string of the molecule is CC(C)CCNC(=O)Cc1ccc(S)cc1. The van der Waals surface area contributed by atoms with Crippen LogP contribution in [0.4, 0.5) is 0 Å². The molecule has 16 heavy (non-hydrogen) atoms. The number of nitrogens with one attached hydrogen (secondary N) is 1. The van der Waals surface area contributed by atoms with E-state index >= 15 is 0 Å². The Morgan fingerprint density at radius 3 is 2.50 bits per heavy atom. The third-order valence-corrected chi connectivity index (χ3v) is 2.64. The molecule has 1 aromatic rings. The molecule has 0 heterocycles. The lowest BCUT2D eigenvalue weighted by Gasteiger charge is -2.07. The molecule has 0 unspecified atom stereocenters. The van der Waals surface area contributed by atoms with Crippen molar-refractivity contribution in [2.45, 2.75) is 31.6 Å². The molecule has 0 bridgehead atoms. The van der Waals surface area contributed by atoms with Crippen molar-refractivity contribution in [3.8, 4) is 0 Å². The van der Waals surface area contributed by atoms with Gasteiger partial charge in [-0.15, -0.1) is 12.6 Å². The molecule has 2 nitrogen and oxygen atoms in total. The van der Waals surface area contributed by atoms with Crippen LogP contribution in [0.2, 0.25) is 0 Å². The van der Waals surface area contributed by atoms with Gasteiger partial charge in [0.05, 0.1) is 6.42 Å². The standard InChI is InChI=1S/C13H19NOS/c1-10(2)7-8-14-13(15)9-11-3-5-12(16)6-4-11/h3-6,10,16H,7-9H2,1-2H3,(H,14,15). The predicted octanol–water partition coefficient (Wildman–Crippen LogP) is 2.68. The first-order valence-electron chi connectivity index (χ1n) is 5.62. The minimum Gasteiger partial charge on any atom is -0.356 e. The molecule has 0 aliphatic rings. The monoisotopic (exact) mass is 237 g/mol. The van der Waals surface area contributed by atoms with Crippen LogP contribution in [0.5, 0.6) is 0 Å². The molecule has 1 aromatic carbocycles. The zero-order valence-corrected chi connectivity index (χ0v) is 10.8. The fourth-order valence-corrected chi connectivity index (χ4v) is 1.51. The number of carbonyl (C=O) groups is 1. The van der Waals surface area contributed by atoms with Crippen molar-refractivity contribution in [3.63, 3.8) is 0 Å². The van der Waals surface area contributed by atoms with Crippen molar-refractivity contribution in [2.24, 2.45) is 5.92 Å². The van der Waals surface area contributed by atoms with E-state index in [4.69, 9.17) is 0 Å². The Morgan fingerprint density at radius 1 is 1.31 bits per heavy atom. The Labute approximate surface area is 103 Å². The zero-order valence-electron chi connectivity index (χ0n) is 9.86. The summed E-state index contributed by atoms with van der Waals surface area (Å²) in [6, 6.07) is 7.68. The van der Waals surface area contributed by atoms with Crippen molar-refractivity contribution in [2.75, 3.05) is 6.54 Å². The van der Waals surface area contributed by atoms with Gasteiger partial charge in [0, 0.05) is 11.4 Å². The van der Waals surface area contributed by atoms with Crippen LogP contribution in [0, 0.1) is 5.92 Å². The average Bonchev–Trinajstić information content (AvgIpc) is 2.21. The number of carbonyl (C=O) groups excluding carboxylic acids is 1. The maximum atomic E-state index is 11.5. The lowest BCUT2D eigenvalue weighted by Crippen LogP contribution is -2.26. The minimum absolute atomic E-state index is 0.0903. The summed E-state index contributed by atoms with van der Waals surface area (Å²) in [5.41, 5.74) is 1.03. The van der Waals surface area contributed by atoms with E-state index in [2.05, 4.69) is 31.8 Å². The summed E-state index contributed by atoms with van der Waals surface area (Å²) in [5, 5.41) is 2.92. The smallest absolute Gasteiger partial charge is 0.224 e. The second-order valence-corrected chi connectivity index (χ2v) is 4.89. The van der Waals surface area contributed by atoms with Gasteiger partial charge in [0.2, 0.25) is 5.91 Å². The van der Waals surface area contributed by atoms with Crippen LogP contribution >= 0.6 is 12.6 Å². The van der Waals surface area contributed by atoms with Crippen molar-refractivity contribution >= 4 is 18.5 Å². The maximum absolute atomic E-state index is 11.5. The van der Waals surface area contributed by atoms with E-state index in [9.17, 15) is 4.79 Å². The molecule has 88 valence electrons. The molecule has 3 heteroatoms. The van der Waals surface area contributed by atoms with E-state index in [1.165, 1.54) is 0 Å². The van der Waals surface area contributed by atoms with Crippen LogP contribution in [0.1, 0.15) is 25.8 Å². The molecule has 0 fully saturated rings. The fourth-order valence-electron chi connectivity index (χ4n) is 1.36. The van der Waals surface area contributed by atoms with E-state index in [1.807, 2.05) is 24.3 Å².